The normalized spacial score (nSPS) is 11.7. The fourth-order valence-corrected chi connectivity index (χ4v) is 4.55. The standard InChI is InChI=1S/C30H21ClF3NO/c1-19(36)22-5-3-6-23(15-22)24-10-13-29-27(16-24)28(21-8-11-26(31)12-9-21)18-35(29)17-20-4-2-7-25(14-20)30(32,33)34/h2-16,18H,17H2,1H3. The minimum Gasteiger partial charge on any atom is -0.342 e. The Morgan fingerprint density at radius 2 is 1.53 bits per heavy atom. The summed E-state index contributed by atoms with van der Waals surface area (Å²) >= 11 is 6.10. The molecular weight excluding hydrogens is 483 g/mol. The lowest BCUT2D eigenvalue weighted by atomic mass is 9.98. The molecule has 0 saturated carbocycles. The molecule has 0 aliphatic carbocycles. The van der Waals surface area contributed by atoms with Crippen LogP contribution in [0.3, 0.4) is 0 Å². The van der Waals surface area contributed by atoms with Gasteiger partial charge in [-0.25, -0.2) is 0 Å². The molecule has 0 saturated heterocycles. The van der Waals surface area contributed by atoms with Crippen LogP contribution >= 0.6 is 11.6 Å². The van der Waals surface area contributed by atoms with Crippen molar-refractivity contribution in [1.82, 2.24) is 4.57 Å². The third kappa shape index (κ3) is 4.79. The second-order valence-electron chi connectivity index (χ2n) is 8.74. The molecule has 0 radical (unpaired) electrons. The molecule has 0 N–H and O–H groups in total. The van der Waals surface area contributed by atoms with Gasteiger partial charge >= 0.3 is 6.18 Å². The maximum absolute atomic E-state index is 13.3. The summed E-state index contributed by atoms with van der Waals surface area (Å²) in [6.45, 7) is 1.82. The summed E-state index contributed by atoms with van der Waals surface area (Å²) in [7, 11) is 0. The third-order valence-electron chi connectivity index (χ3n) is 6.25. The second kappa shape index (κ2) is 9.32. The lowest BCUT2D eigenvalue weighted by molar-refractivity contribution is -0.137. The highest BCUT2D eigenvalue weighted by Crippen LogP contribution is 2.36. The number of alkyl halides is 3. The maximum atomic E-state index is 13.3. The predicted molar refractivity (Wildman–Crippen MR) is 138 cm³/mol. The molecule has 0 aliphatic rings. The van der Waals surface area contributed by atoms with Crippen LogP contribution in [0.2, 0.25) is 5.02 Å². The van der Waals surface area contributed by atoms with Gasteiger partial charge in [-0.15, -0.1) is 0 Å². The Kier molecular flexibility index (Phi) is 6.19. The van der Waals surface area contributed by atoms with Gasteiger partial charge in [0, 0.05) is 39.8 Å². The molecule has 1 aromatic heterocycles. The lowest BCUT2D eigenvalue weighted by Gasteiger charge is -2.10. The van der Waals surface area contributed by atoms with Gasteiger partial charge in [0.05, 0.1) is 5.56 Å². The van der Waals surface area contributed by atoms with Crippen molar-refractivity contribution in [1.29, 1.82) is 0 Å². The van der Waals surface area contributed by atoms with Gasteiger partial charge in [0.25, 0.3) is 0 Å². The van der Waals surface area contributed by atoms with Crippen LogP contribution in [0.1, 0.15) is 28.4 Å². The number of halogens is 4. The maximum Gasteiger partial charge on any atom is 0.416 e. The summed E-state index contributed by atoms with van der Waals surface area (Å²) in [6, 6.07) is 26.3. The van der Waals surface area contributed by atoms with Gasteiger partial charge in [0.1, 0.15) is 0 Å². The molecular formula is C30H21ClF3NO. The Labute approximate surface area is 211 Å². The minimum absolute atomic E-state index is 0.00739. The van der Waals surface area contributed by atoms with Crippen molar-refractivity contribution in [2.75, 3.05) is 0 Å². The van der Waals surface area contributed by atoms with Crippen LogP contribution in [0.15, 0.2) is 97.2 Å². The number of Topliss-reactive ketones (excluding diaryl/α,β-unsaturated/α-hetero) is 1. The van der Waals surface area contributed by atoms with E-state index < -0.39 is 11.7 Å². The summed E-state index contributed by atoms with van der Waals surface area (Å²) in [5.41, 5.74) is 5.16. The van der Waals surface area contributed by atoms with Crippen molar-refractivity contribution in [2.24, 2.45) is 0 Å². The zero-order valence-electron chi connectivity index (χ0n) is 19.3. The number of hydrogen-bond donors (Lipinski definition) is 0. The van der Waals surface area contributed by atoms with Crippen LogP contribution in [-0.2, 0) is 12.7 Å². The van der Waals surface area contributed by atoms with E-state index in [4.69, 9.17) is 11.6 Å². The smallest absolute Gasteiger partial charge is 0.342 e. The van der Waals surface area contributed by atoms with Gasteiger partial charge < -0.3 is 4.57 Å². The molecule has 36 heavy (non-hydrogen) atoms. The van der Waals surface area contributed by atoms with Crippen LogP contribution in [0.5, 0.6) is 0 Å². The number of ketones is 1. The van der Waals surface area contributed by atoms with E-state index in [0.29, 0.717) is 16.1 Å². The first kappa shape index (κ1) is 23.9. The predicted octanol–water partition coefficient (Wildman–Crippen LogP) is 8.90. The Morgan fingerprint density at radius 3 is 2.25 bits per heavy atom. The van der Waals surface area contributed by atoms with Crippen molar-refractivity contribution >= 4 is 28.3 Å². The van der Waals surface area contributed by atoms with E-state index in [2.05, 4.69) is 6.07 Å². The average molecular weight is 504 g/mol. The molecule has 0 unspecified atom stereocenters. The lowest BCUT2D eigenvalue weighted by Crippen LogP contribution is -2.06. The molecule has 0 bridgehead atoms. The summed E-state index contributed by atoms with van der Waals surface area (Å²) in [6.07, 6.45) is -2.43. The molecule has 2 nitrogen and oxygen atoms in total. The summed E-state index contributed by atoms with van der Waals surface area (Å²) in [5, 5.41) is 1.57. The van der Waals surface area contributed by atoms with Gasteiger partial charge in [-0.2, -0.15) is 13.2 Å². The molecule has 0 fully saturated rings. The largest absolute Gasteiger partial charge is 0.416 e. The zero-order valence-corrected chi connectivity index (χ0v) is 20.1. The molecule has 0 spiro atoms. The van der Waals surface area contributed by atoms with Crippen molar-refractivity contribution in [3.8, 4) is 22.3 Å². The quantitative estimate of drug-likeness (QED) is 0.219. The van der Waals surface area contributed by atoms with E-state index >= 15 is 0 Å². The summed E-state index contributed by atoms with van der Waals surface area (Å²) in [4.78, 5) is 11.9. The first-order valence-corrected chi connectivity index (χ1v) is 11.7. The van der Waals surface area contributed by atoms with Gasteiger partial charge in [-0.1, -0.05) is 60.1 Å². The topological polar surface area (TPSA) is 22.0 Å². The number of fused-ring (bicyclic) bond motifs is 1. The average Bonchev–Trinajstić information content (AvgIpc) is 3.21. The number of nitrogens with zero attached hydrogens (tertiary/aromatic N) is 1. The van der Waals surface area contributed by atoms with Crippen molar-refractivity contribution in [2.45, 2.75) is 19.6 Å². The minimum atomic E-state index is -4.40. The zero-order chi connectivity index (χ0) is 25.4. The van der Waals surface area contributed by atoms with Crippen LogP contribution in [0.25, 0.3) is 33.2 Å². The molecule has 1 heterocycles. The van der Waals surface area contributed by atoms with E-state index in [1.54, 1.807) is 12.1 Å². The van der Waals surface area contributed by atoms with Crippen LogP contribution in [0, 0.1) is 0 Å². The first-order valence-electron chi connectivity index (χ1n) is 11.4. The number of benzene rings is 4. The van der Waals surface area contributed by atoms with Gasteiger partial charge in [0.2, 0.25) is 0 Å². The highest BCUT2D eigenvalue weighted by Gasteiger charge is 2.30. The van der Waals surface area contributed by atoms with Crippen LogP contribution in [-0.4, -0.2) is 10.4 Å². The Balaban J connectivity index is 1.64. The fraction of sp³-hybridized carbons (Fsp3) is 0.100. The SMILES string of the molecule is CC(=O)c1cccc(-c2ccc3c(c2)c(-c2ccc(Cl)cc2)cn3Cc2cccc(C(F)(F)F)c2)c1. The van der Waals surface area contributed by atoms with Crippen molar-refractivity contribution in [3.63, 3.8) is 0 Å². The number of carbonyl (C=O) groups excluding carboxylic acids is 1. The number of carbonyl (C=O) groups is 1. The van der Waals surface area contributed by atoms with Gasteiger partial charge in [-0.3, -0.25) is 4.79 Å². The molecule has 0 amide bonds. The van der Waals surface area contributed by atoms with E-state index in [-0.39, 0.29) is 12.3 Å². The molecule has 180 valence electrons. The van der Waals surface area contributed by atoms with Crippen LogP contribution < -0.4 is 0 Å². The van der Waals surface area contributed by atoms with E-state index in [9.17, 15) is 18.0 Å². The van der Waals surface area contributed by atoms with E-state index in [1.165, 1.54) is 19.1 Å². The van der Waals surface area contributed by atoms with Gasteiger partial charge in [0.15, 0.2) is 5.78 Å². The van der Waals surface area contributed by atoms with E-state index in [0.717, 1.165) is 39.2 Å². The Hall–Kier alpha value is -3.83. The molecule has 4 aromatic carbocycles. The number of rotatable bonds is 5. The number of hydrogen-bond acceptors (Lipinski definition) is 1. The van der Waals surface area contributed by atoms with Crippen molar-refractivity contribution < 1.29 is 18.0 Å². The number of aromatic nitrogens is 1. The van der Waals surface area contributed by atoms with Crippen molar-refractivity contribution in [3.05, 3.63) is 119 Å². The van der Waals surface area contributed by atoms with E-state index in [1.807, 2.05) is 65.4 Å². The highest BCUT2D eigenvalue weighted by molar-refractivity contribution is 6.30. The third-order valence-corrected chi connectivity index (χ3v) is 6.50. The molecule has 0 atom stereocenters. The Morgan fingerprint density at radius 1 is 0.833 bits per heavy atom. The summed E-state index contributed by atoms with van der Waals surface area (Å²) in [5.74, 6) is -0.00739. The second-order valence-corrected chi connectivity index (χ2v) is 9.18. The first-order chi connectivity index (χ1) is 17.2. The molecule has 0 aliphatic heterocycles. The molecule has 5 rings (SSSR count). The summed E-state index contributed by atoms with van der Waals surface area (Å²) < 4.78 is 41.8. The molecule has 6 heteroatoms. The van der Waals surface area contributed by atoms with Gasteiger partial charge in [-0.05, 0) is 71.6 Å². The Bertz CT molecular complexity index is 1580. The fourth-order valence-electron chi connectivity index (χ4n) is 4.43. The molecule has 5 aromatic rings. The van der Waals surface area contributed by atoms with Crippen LogP contribution in [0.4, 0.5) is 13.2 Å². The highest BCUT2D eigenvalue weighted by atomic mass is 35.5. The monoisotopic (exact) mass is 503 g/mol.